The summed E-state index contributed by atoms with van der Waals surface area (Å²) in [6.45, 7) is 0. The van der Waals surface area contributed by atoms with Crippen molar-refractivity contribution in [1.29, 1.82) is 0 Å². The summed E-state index contributed by atoms with van der Waals surface area (Å²) in [7, 11) is 0. The molecule has 1 aliphatic heterocycles. The Morgan fingerprint density at radius 3 is 3.00 bits per heavy atom. The molecule has 0 saturated heterocycles. The van der Waals surface area contributed by atoms with Crippen molar-refractivity contribution in [1.82, 2.24) is 0 Å². The second-order valence-corrected chi connectivity index (χ2v) is 1.44. The molecule has 0 radical (unpaired) electrons. The second-order valence-electron chi connectivity index (χ2n) is 1.44. The molecule has 1 rings (SSSR count). The fraction of sp³-hybridized carbons (Fsp3) is 0.200. The molecule has 0 aromatic rings. The molecule has 0 aliphatic carbocycles. The van der Waals surface area contributed by atoms with Crippen molar-refractivity contribution in [2.24, 2.45) is 10.1 Å². The van der Waals surface area contributed by atoms with Crippen LogP contribution in [0.2, 0.25) is 0 Å². The first-order chi connectivity index (χ1) is 3.93. The molecule has 0 spiro atoms. The summed E-state index contributed by atoms with van der Waals surface area (Å²) in [5.41, 5.74) is 0.653. The third-order valence-electron chi connectivity index (χ3n) is 0.887. The van der Waals surface area contributed by atoms with Gasteiger partial charge in [0.1, 0.15) is 0 Å². The van der Waals surface area contributed by atoms with E-state index in [1.54, 1.807) is 18.5 Å². The number of allylic oxidation sites excluding steroid dienone is 1. The molecule has 3 heteroatoms. The molecule has 8 heavy (non-hydrogen) atoms. The smallest absolute Gasteiger partial charge is 0.0864 e. The van der Waals surface area contributed by atoms with Gasteiger partial charge in [-0.2, -0.15) is 0 Å². The van der Waals surface area contributed by atoms with Crippen molar-refractivity contribution in [3.05, 3.63) is 12.3 Å². The average molecular weight is 110 g/mol. The SMILES string of the molecule is ON=C1C=CN=CC1. The van der Waals surface area contributed by atoms with Crippen molar-refractivity contribution in [3.63, 3.8) is 0 Å². The lowest BCUT2D eigenvalue weighted by Gasteiger charge is -1.93. The first kappa shape index (κ1) is 5.03. The van der Waals surface area contributed by atoms with Gasteiger partial charge in [0.25, 0.3) is 0 Å². The molecule has 0 aromatic carbocycles. The van der Waals surface area contributed by atoms with Crippen molar-refractivity contribution < 1.29 is 5.21 Å². The second kappa shape index (κ2) is 2.26. The van der Waals surface area contributed by atoms with E-state index in [0.717, 1.165) is 0 Å². The Morgan fingerprint density at radius 1 is 1.75 bits per heavy atom. The van der Waals surface area contributed by atoms with Gasteiger partial charge in [-0.05, 0) is 6.08 Å². The molecule has 1 heterocycles. The van der Waals surface area contributed by atoms with Gasteiger partial charge >= 0.3 is 0 Å². The summed E-state index contributed by atoms with van der Waals surface area (Å²) in [6, 6.07) is 0. The summed E-state index contributed by atoms with van der Waals surface area (Å²) in [5, 5.41) is 11.2. The molecule has 0 fully saturated rings. The Labute approximate surface area is 47.0 Å². The lowest BCUT2D eigenvalue weighted by atomic mass is 10.2. The maximum Gasteiger partial charge on any atom is 0.0864 e. The van der Waals surface area contributed by atoms with Gasteiger partial charge in [-0.15, -0.1) is 0 Å². The van der Waals surface area contributed by atoms with Crippen LogP contribution >= 0.6 is 0 Å². The van der Waals surface area contributed by atoms with E-state index in [-0.39, 0.29) is 0 Å². The quantitative estimate of drug-likeness (QED) is 0.364. The summed E-state index contributed by atoms with van der Waals surface area (Å²) >= 11 is 0. The van der Waals surface area contributed by atoms with Gasteiger partial charge in [0.15, 0.2) is 0 Å². The van der Waals surface area contributed by atoms with Crippen LogP contribution < -0.4 is 0 Å². The Morgan fingerprint density at radius 2 is 2.62 bits per heavy atom. The Bertz CT molecular complexity index is 158. The molecule has 1 N–H and O–H groups in total. The van der Waals surface area contributed by atoms with Crippen LogP contribution in [0.15, 0.2) is 22.4 Å². The normalized spacial score (nSPS) is 22.2. The van der Waals surface area contributed by atoms with Gasteiger partial charge in [-0.25, -0.2) is 0 Å². The van der Waals surface area contributed by atoms with Crippen LogP contribution in [0.1, 0.15) is 6.42 Å². The molecular formula is C5H6N2O. The molecule has 1 aliphatic rings. The fourth-order valence-corrected chi connectivity index (χ4v) is 0.478. The molecule has 0 atom stereocenters. The largest absolute Gasteiger partial charge is 0.411 e. The zero-order chi connectivity index (χ0) is 5.82. The first-order valence-corrected chi connectivity index (χ1v) is 2.32. The highest BCUT2D eigenvalue weighted by Crippen LogP contribution is 1.92. The molecule has 3 nitrogen and oxygen atoms in total. The van der Waals surface area contributed by atoms with Crippen molar-refractivity contribution >= 4 is 11.9 Å². The molecule has 0 amide bonds. The number of oxime groups is 1. The topological polar surface area (TPSA) is 45.0 Å². The lowest BCUT2D eigenvalue weighted by molar-refractivity contribution is 0.319. The molecule has 42 valence electrons. The minimum Gasteiger partial charge on any atom is -0.411 e. The van der Waals surface area contributed by atoms with E-state index in [0.29, 0.717) is 12.1 Å². The van der Waals surface area contributed by atoms with Crippen molar-refractivity contribution in [2.75, 3.05) is 0 Å². The minimum atomic E-state index is 0.632. The number of hydrogen-bond acceptors (Lipinski definition) is 3. The Kier molecular flexibility index (Phi) is 1.42. The molecule has 0 unspecified atom stereocenters. The van der Waals surface area contributed by atoms with Crippen LogP contribution in [-0.4, -0.2) is 17.1 Å². The summed E-state index contributed by atoms with van der Waals surface area (Å²) < 4.78 is 0. The predicted octanol–water partition coefficient (Wildman–Crippen LogP) is 0.805. The standard InChI is InChI=1S/C5H6N2O/c8-7-5-1-3-6-4-2-5/h1,3-4,8H,2H2. The van der Waals surface area contributed by atoms with E-state index in [1.165, 1.54) is 0 Å². The third kappa shape index (κ3) is 0.932. The van der Waals surface area contributed by atoms with E-state index in [9.17, 15) is 0 Å². The van der Waals surface area contributed by atoms with Crippen LogP contribution in [0.3, 0.4) is 0 Å². The number of nitrogens with zero attached hydrogens (tertiary/aromatic N) is 2. The highest BCUT2D eigenvalue weighted by atomic mass is 16.4. The highest BCUT2D eigenvalue weighted by molar-refractivity contribution is 6.04. The highest BCUT2D eigenvalue weighted by Gasteiger charge is 1.93. The predicted molar refractivity (Wildman–Crippen MR) is 31.5 cm³/mol. The molecule has 0 saturated carbocycles. The average Bonchev–Trinajstić information content (AvgIpc) is 1.90. The third-order valence-corrected chi connectivity index (χ3v) is 0.887. The molecular weight excluding hydrogens is 104 g/mol. The van der Waals surface area contributed by atoms with Crippen LogP contribution in [0, 0.1) is 0 Å². The maximum atomic E-state index is 8.17. The van der Waals surface area contributed by atoms with Crippen molar-refractivity contribution in [3.8, 4) is 0 Å². The summed E-state index contributed by atoms with van der Waals surface area (Å²) in [5.74, 6) is 0. The minimum absolute atomic E-state index is 0.632. The van der Waals surface area contributed by atoms with Gasteiger partial charge < -0.3 is 5.21 Å². The van der Waals surface area contributed by atoms with Gasteiger partial charge in [0, 0.05) is 18.8 Å². The van der Waals surface area contributed by atoms with E-state index in [4.69, 9.17) is 5.21 Å². The van der Waals surface area contributed by atoms with Gasteiger partial charge in [0.05, 0.1) is 5.71 Å². The van der Waals surface area contributed by atoms with Crippen LogP contribution in [-0.2, 0) is 0 Å². The summed E-state index contributed by atoms with van der Waals surface area (Å²) in [4.78, 5) is 3.78. The van der Waals surface area contributed by atoms with Crippen molar-refractivity contribution in [2.45, 2.75) is 6.42 Å². The van der Waals surface area contributed by atoms with Crippen LogP contribution in [0.25, 0.3) is 0 Å². The van der Waals surface area contributed by atoms with E-state index in [1.807, 2.05) is 0 Å². The number of rotatable bonds is 0. The summed E-state index contributed by atoms with van der Waals surface area (Å²) in [6.07, 6.45) is 5.58. The zero-order valence-electron chi connectivity index (χ0n) is 4.28. The zero-order valence-corrected chi connectivity index (χ0v) is 4.28. The number of hydrogen-bond donors (Lipinski definition) is 1. The van der Waals surface area contributed by atoms with Gasteiger partial charge in [-0.1, -0.05) is 5.16 Å². The van der Waals surface area contributed by atoms with Crippen LogP contribution in [0.5, 0.6) is 0 Å². The monoisotopic (exact) mass is 110 g/mol. The molecule has 0 aromatic heterocycles. The van der Waals surface area contributed by atoms with Gasteiger partial charge in [-0.3, -0.25) is 4.99 Å². The van der Waals surface area contributed by atoms with E-state index < -0.39 is 0 Å². The van der Waals surface area contributed by atoms with E-state index in [2.05, 4.69) is 10.1 Å². The lowest BCUT2D eigenvalue weighted by Crippen LogP contribution is -1.96. The Hall–Kier alpha value is -1.12. The number of aliphatic imine (C=N–C) groups is 1. The van der Waals surface area contributed by atoms with Crippen LogP contribution in [0.4, 0.5) is 0 Å². The maximum absolute atomic E-state index is 8.17. The molecule has 0 bridgehead atoms. The first-order valence-electron chi connectivity index (χ1n) is 2.32. The van der Waals surface area contributed by atoms with Gasteiger partial charge in [0.2, 0.25) is 0 Å². The fourth-order valence-electron chi connectivity index (χ4n) is 0.478. The Balaban J connectivity index is 2.66. The van der Waals surface area contributed by atoms with E-state index >= 15 is 0 Å².